The number of carboxylic acids is 1. The first-order valence-corrected chi connectivity index (χ1v) is 5.68. The molecule has 0 aliphatic rings. The van der Waals surface area contributed by atoms with Gasteiger partial charge < -0.3 is 10.8 Å². The van der Waals surface area contributed by atoms with Crippen LogP contribution in [0, 0.1) is 12.8 Å². The summed E-state index contributed by atoms with van der Waals surface area (Å²) < 4.78 is 0. The van der Waals surface area contributed by atoms with Crippen LogP contribution in [-0.2, 0) is 11.2 Å². The third-order valence-electron chi connectivity index (χ3n) is 2.01. The molecule has 0 aliphatic heterocycles. The summed E-state index contributed by atoms with van der Waals surface area (Å²) in [4.78, 5) is 15.7. The van der Waals surface area contributed by atoms with Gasteiger partial charge in [-0.25, -0.2) is 4.98 Å². The van der Waals surface area contributed by atoms with Gasteiger partial charge in [-0.15, -0.1) is 11.3 Å². The average Bonchev–Trinajstić information content (AvgIpc) is 2.44. The fraction of sp³-hybridized carbons (Fsp3) is 0.600. The van der Waals surface area contributed by atoms with E-state index in [9.17, 15) is 4.79 Å². The summed E-state index contributed by atoms with van der Waals surface area (Å²) >= 11 is 1.41. The molecule has 0 fully saturated rings. The highest BCUT2D eigenvalue weighted by Crippen LogP contribution is 2.25. The lowest BCUT2D eigenvalue weighted by Crippen LogP contribution is -2.20. The predicted molar refractivity (Wildman–Crippen MR) is 60.0 cm³/mol. The van der Waals surface area contributed by atoms with Crippen molar-refractivity contribution in [3.63, 3.8) is 0 Å². The number of aryl methyl sites for hydroxylation is 1. The van der Waals surface area contributed by atoms with E-state index in [0.717, 1.165) is 17.1 Å². The maximum Gasteiger partial charge on any atom is 0.326 e. The van der Waals surface area contributed by atoms with E-state index in [0.29, 0.717) is 10.8 Å². The number of hydrogen-bond donors (Lipinski definition) is 2. The Balaban J connectivity index is 2.91. The van der Waals surface area contributed by atoms with Crippen LogP contribution in [0.3, 0.4) is 0 Å². The number of aromatic nitrogens is 1. The smallest absolute Gasteiger partial charge is 0.326 e. The standard InChI is InChI=1S/C10H16N2O2S/c1-5(2)4-7-12-6(3)9(15-7)8(11)10(13)14/h5,8H,4,11H2,1-3H3,(H,13,14). The number of nitrogens with two attached hydrogens (primary N) is 1. The molecule has 0 radical (unpaired) electrons. The molecule has 0 spiro atoms. The number of nitrogens with zero attached hydrogens (tertiary/aromatic N) is 1. The summed E-state index contributed by atoms with van der Waals surface area (Å²) in [6.45, 7) is 6.01. The van der Waals surface area contributed by atoms with Crippen molar-refractivity contribution < 1.29 is 9.90 Å². The average molecular weight is 228 g/mol. The van der Waals surface area contributed by atoms with Crippen LogP contribution in [0.5, 0.6) is 0 Å². The van der Waals surface area contributed by atoms with Gasteiger partial charge in [0.15, 0.2) is 0 Å². The van der Waals surface area contributed by atoms with Crippen LogP contribution >= 0.6 is 11.3 Å². The van der Waals surface area contributed by atoms with Crippen LogP contribution in [0.1, 0.15) is 35.5 Å². The number of hydrogen-bond acceptors (Lipinski definition) is 4. The van der Waals surface area contributed by atoms with Gasteiger partial charge in [-0.3, -0.25) is 4.79 Å². The van der Waals surface area contributed by atoms with Gasteiger partial charge in [-0.05, 0) is 12.8 Å². The van der Waals surface area contributed by atoms with Crippen LogP contribution in [-0.4, -0.2) is 16.1 Å². The van der Waals surface area contributed by atoms with Gasteiger partial charge in [-0.1, -0.05) is 13.8 Å². The van der Waals surface area contributed by atoms with Crippen molar-refractivity contribution in [3.8, 4) is 0 Å². The number of thiazole rings is 1. The number of carbonyl (C=O) groups is 1. The first-order valence-electron chi connectivity index (χ1n) is 4.86. The summed E-state index contributed by atoms with van der Waals surface area (Å²) in [5.74, 6) is -0.484. The largest absolute Gasteiger partial charge is 0.480 e. The highest BCUT2D eigenvalue weighted by molar-refractivity contribution is 7.12. The Morgan fingerprint density at radius 2 is 2.20 bits per heavy atom. The van der Waals surface area contributed by atoms with E-state index in [2.05, 4.69) is 18.8 Å². The Morgan fingerprint density at radius 1 is 1.60 bits per heavy atom. The lowest BCUT2D eigenvalue weighted by molar-refractivity contribution is -0.138. The zero-order valence-corrected chi connectivity index (χ0v) is 9.97. The molecule has 15 heavy (non-hydrogen) atoms. The topological polar surface area (TPSA) is 76.2 Å². The van der Waals surface area contributed by atoms with Gasteiger partial charge >= 0.3 is 5.97 Å². The normalized spacial score (nSPS) is 13.1. The van der Waals surface area contributed by atoms with Crippen molar-refractivity contribution in [1.29, 1.82) is 0 Å². The SMILES string of the molecule is Cc1nc(CC(C)C)sc1C(N)C(=O)O. The van der Waals surface area contributed by atoms with E-state index in [1.54, 1.807) is 6.92 Å². The van der Waals surface area contributed by atoms with Crippen molar-refractivity contribution in [2.45, 2.75) is 33.2 Å². The van der Waals surface area contributed by atoms with Crippen LogP contribution in [0.25, 0.3) is 0 Å². The molecule has 0 bridgehead atoms. The monoisotopic (exact) mass is 228 g/mol. The predicted octanol–water partition coefficient (Wildman–Crippen LogP) is 1.73. The summed E-state index contributed by atoms with van der Waals surface area (Å²) in [5.41, 5.74) is 6.29. The van der Waals surface area contributed by atoms with Crippen molar-refractivity contribution in [3.05, 3.63) is 15.6 Å². The molecule has 0 saturated heterocycles. The third-order valence-corrected chi connectivity index (χ3v) is 3.27. The van der Waals surface area contributed by atoms with Gasteiger partial charge in [0.05, 0.1) is 15.6 Å². The molecule has 1 rings (SSSR count). The van der Waals surface area contributed by atoms with Crippen molar-refractivity contribution >= 4 is 17.3 Å². The Bertz CT molecular complexity index is 360. The van der Waals surface area contributed by atoms with Crippen molar-refractivity contribution in [1.82, 2.24) is 4.98 Å². The van der Waals surface area contributed by atoms with E-state index in [-0.39, 0.29) is 0 Å². The molecule has 84 valence electrons. The molecule has 0 saturated carbocycles. The Labute approximate surface area is 93.1 Å². The van der Waals surface area contributed by atoms with Crippen LogP contribution in [0.15, 0.2) is 0 Å². The van der Waals surface area contributed by atoms with E-state index in [1.165, 1.54) is 11.3 Å². The third kappa shape index (κ3) is 3.00. The Kier molecular flexibility index (Phi) is 3.82. The number of aliphatic carboxylic acids is 1. The number of rotatable bonds is 4. The molecule has 4 nitrogen and oxygen atoms in total. The lowest BCUT2D eigenvalue weighted by Gasteiger charge is -2.02. The van der Waals surface area contributed by atoms with Crippen LogP contribution < -0.4 is 5.73 Å². The van der Waals surface area contributed by atoms with Crippen LogP contribution in [0.2, 0.25) is 0 Å². The fourth-order valence-corrected chi connectivity index (χ4v) is 2.58. The molecular formula is C10H16N2O2S. The van der Waals surface area contributed by atoms with Crippen LogP contribution in [0.4, 0.5) is 0 Å². The molecule has 1 heterocycles. The molecule has 0 aliphatic carbocycles. The van der Waals surface area contributed by atoms with Crippen molar-refractivity contribution in [2.24, 2.45) is 11.7 Å². The summed E-state index contributed by atoms with van der Waals surface area (Å²) in [7, 11) is 0. The lowest BCUT2D eigenvalue weighted by atomic mass is 10.1. The molecule has 0 amide bonds. The number of carboxylic acid groups (broad SMARTS) is 1. The Hall–Kier alpha value is -0.940. The summed E-state index contributed by atoms with van der Waals surface area (Å²) in [6, 6.07) is -0.941. The molecule has 3 N–H and O–H groups in total. The first kappa shape index (κ1) is 12.1. The van der Waals surface area contributed by atoms with Crippen molar-refractivity contribution in [2.75, 3.05) is 0 Å². The highest BCUT2D eigenvalue weighted by atomic mass is 32.1. The minimum atomic E-state index is -1.00. The Morgan fingerprint density at radius 3 is 2.67 bits per heavy atom. The first-order chi connectivity index (χ1) is 6.91. The van der Waals surface area contributed by atoms with Gasteiger partial charge in [-0.2, -0.15) is 0 Å². The molecule has 1 aromatic rings. The van der Waals surface area contributed by atoms with Gasteiger partial charge in [0.2, 0.25) is 0 Å². The van der Waals surface area contributed by atoms with E-state index >= 15 is 0 Å². The van der Waals surface area contributed by atoms with Gasteiger partial charge in [0.1, 0.15) is 6.04 Å². The molecule has 1 aromatic heterocycles. The maximum atomic E-state index is 10.7. The quantitative estimate of drug-likeness (QED) is 0.823. The van der Waals surface area contributed by atoms with E-state index in [1.807, 2.05) is 0 Å². The van der Waals surface area contributed by atoms with Gasteiger partial charge in [0, 0.05) is 6.42 Å². The van der Waals surface area contributed by atoms with E-state index < -0.39 is 12.0 Å². The highest BCUT2D eigenvalue weighted by Gasteiger charge is 2.20. The zero-order chi connectivity index (χ0) is 11.6. The second-order valence-corrected chi connectivity index (χ2v) is 5.09. The zero-order valence-electron chi connectivity index (χ0n) is 9.15. The fourth-order valence-electron chi connectivity index (χ4n) is 1.30. The molecule has 5 heteroatoms. The minimum Gasteiger partial charge on any atom is -0.480 e. The minimum absolute atomic E-state index is 0.518. The van der Waals surface area contributed by atoms with Gasteiger partial charge in [0.25, 0.3) is 0 Å². The molecule has 1 atom stereocenters. The molecule has 1 unspecified atom stereocenters. The summed E-state index contributed by atoms with van der Waals surface area (Å²) in [5, 5.41) is 9.77. The van der Waals surface area contributed by atoms with E-state index in [4.69, 9.17) is 10.8 Å². The second kappa shape index (κ2) is 4.72. The molecular weight excluding hydrogens is 212 g/mol. The maximum absolute atomic E-state index is 10.7. The molecule has 0 aromatic carbocycles. The second-order valence-electron chi connectivity index (χ2n) is 3.97. The summed E-state index contributed by atoms with van der Waals surface area (Å²) in [6.07, 6.45) is 0.873.